The number of piperidine rings is 1. The number of nitrogens with one attached hydrogen (secondary N) is 4. The Morgan fingerprint density at radius 3 is 2.74 bits per heavy atom. The summed E-state index contributed by atoms with van der Waals surface area (Å²) in [6, 6.07) is 7.93. The quantitative estimate of drug-likeness (QED) is 0.543. The van der Waals surface area contributed by atoms with Crippen molar-refractivity contribution in [1.29, 1.82) is 0 Å². The molecule has 6 rings (SSSR count). The van der Waals surface area contributed by atoms with E-state index in [0.717, 1.165) is 37.8 Å². The molecule has 1 aliphatic carbocycles. The molecule has 8 heteroatoms. The molecule has 4 N–H and O–H groups in total. The van der Waals surface area contributed by atoms with Crippen LogP contribution in [0.2, 0.25) is 0 Å². The molecule has 1 aromatic rings. The molecule has 3 saturated heterocycles. The summed E-state index contributed by atoms with van der Waals surface area (Å²) >= 11 is 0. The molecule has 0 radical (unpaired) electrons. The van der Waals surface area contributed by atoms with Gasteiger partial charge in [0, 0.05) is 37.2 Å². The molecule has 1 saturated carbocycles. The van der Waals surface area contributed by atoms with E-state index < -0.39 is 5.66 Å². The minimum Gasteiger partial charge on any atom is -0.370 e. The van der Waals surface area contributed by atoms with Crippen LogP contribution in [0, 0.1) is 5.92 Å². The molecule has 1 aromatic carbocycles. The second kappa shape index (κ2) is 7.18. The van der Waals surface area contributed by atoms with E-state index in [1.54, 1.807) is 0 Å². The SMILES string of the molecule is O=C1NC2(COC3(CCN(C(=O)C4NNC5CCCCC54)CC3)C2)Nc2ccccc21. The summed E-state index contributed by atoms with van der Waals surface area (Å²) in [7, 11) is 0. The van der Waals surface area contributed by atoms with Crippen LogP contribution < -0.4 is 21.5 Å². The number of nitrogens with zero attached hydrogens (tertiary/aromatic N) is 1. The molecular weight excluding hydrogens is 394 g/mol. The van der Waals surface area contributed by atoms with Crippen molar-refractivity contribution in [2.45, 2.75) is 68.3 Å². The van der Waals surface area contributed by atoms with Gasteiger partial charge in [0.1, 0.15) is 11.7 Å². The van der Waals surface area contributed by atoms with Gasteiger partial charge in [-0.2, -0.15) is 0 Å². The van der Waals surface area contributed by atoms with E-state index in [1.807, 2.05) is 29.2 Å². The van der Waals surface area contributed by atoms with E-state index >= 15 is 0 Å². The van der Waals surface area contributed by atoms with Gasteiger partial charge >= 0.3 is 0 Å². The zero-order valence-electron chi connectivity index (χ0n) is 17.8. The number of amides is 2. The Kier molecular flexibility index (Phi) is 4.52. The molecule has 0 bridgehead atoms. The zero-order chi connectivity index (χ0) is 21.1. The van der Waals surface area contributed by atoms with Gasteiger partial charge < -0.3 is 20.3 Å². The third-order valence-corrected chi connectivity index (χ3v) is 8.07. The van der Waals surface area contributed by atoms with Crippen LogP contribution in [0.4, 0.5) is 5.69 Å². The lowest BCUT2D eigenvalue weighted by molar-refractivity contribution is -0.139. The Labute approximate surface area is 182 Å². The van der Waals surface area contributed by atoms with Crippen molar-refractivity contribution in [2.75, 3.05) is 25.0 Å². The number of anilines is 1. The lowest BCUT2D eigenvalue weighted by atomic mass is 9.80. The Balaban J connectivity index is 1.11. The fourth-order valence-electron chi connectivity index (χ4n) is 6.39. The Bertz CT molecular complexity index is 899. The molecule has 4 unspecified atom stereocenters. The summed E-state index contributed by atoms with van der Waals surface area (Å²) in [5, 5.41) is 6.68. The van der Waals surface area contributed by atoms with Gasteiger partial charge in [0.2, 0.25) is 5.91 Å². The van der Waals surface area contributed by atoms with E-state index in [1.165, 1.54) is 12.8 Å². The Morgan fingerprint density at radius 2 is 1.87 bits per heavy atom. The first-order valence-corrected chi connectivity index (χ1v) is 11.7. The van der Waals surface area contributed by atoms with Crippen molar-refractivity contribution in [2.24, 2.45) is 5.92 Å². The summed E-state index contributed by atoms with van der Waals surface area (Å²) in [6.07, 6.45) is 7.06. The fraction of sp³-hybridized carbons (Fsp3) is 0.652. The van der Waals surface area contributed by atoms with Crippen molar-refractivity contribution < 1.29 is 14.3 Å². The summed E-state index contributed by atoms with van der Waals surface area (Å²) in [6.45, 7) is 1.85. The Hall–Kier alpha value is -2.16. The van der Waals surface area contributed by atoms with Gasteiger partial charge in [0.25, 0.3) is 5.91 Å². The maximum Gasteiger partial charge on any atom is 0.255 e. The van der Waals surface area contributed by atoms with Crippen LogP contribution in [0.15, 0.2) is 24.3 Å². The number of hydrazine groups is 1. The maximum atomic E-state index is 13.2. The minimum absolute atomic E-state index is 0.0514. The highest BCUT2D eigenvalue weighted by atomic mass is 16.5. The number of ether oxygens (including phenoxy) is 1. The first-order valence-electron chi connectivity index (χ1n) is 11.7. The molecule has 0 aromatic heterocycles. The zero-order valence-corrected chi connectivity index (χ0v) is 17.8. The normalized spacial score (nSPS) is 36.1. The molecule has 8 nitrogen and oxygen atoms in total. The number of benzene rings is 1. The van der Waals surface area contributed by atoms with Crippen LogP contribution in [0.3, 0.4) is 0 Å². The van der Waals surface area contributed by atoms with Gasteiger partial charge in [-0.05, 0) is 37.8 Å². The lowest BCUT2D eigenvalue weighted by Crippen LogP contribution is -2.59. The number of carbonyl (C=O) groups excluding carboxylic acids is 2. The molecule has 4 atom stereocenters. The van der Waals surface area contributed by atoms with E-state index in [4.69, 9.17) is 4.74 Å². The van der Waals surface area contributed by atoms with Gasteiger partial charge in [-0.25, -0.2) is 5.43 Å². The second-order valence-corrected chi connectivity index (χ2v) is 10.0. The molecule has 2 spiro atoms. The van der Waals surface area contributed by atoms with Crippen molar-refractivity contribution in [1.82, 2.24) is 21.1 Å². The topological polar surface area (TPSA) is 94.7 Å². The number of rotatable bonds is 1. The molecule has 5 aliphatic rings. The van der Waals surface area contributed by atoms with Gasteiger partial charge in [0.05, 0.1) is 17.8 Å². The molecule has 4 fully saturated rings. The Morgan fingerprint density at radius 1 is 1.06 bits per heavy atom. The van der Waals surface area contributed by atoms with Crippen LogP contribution in [0.1, 0.15) is 55.3 Å². The van der Waals surface area contributed by atoms with E-state index in [0.29, 0.717) is 37.2 Å². The first kappa shape index (κ1) is 19.5. The molecule has 4 heterocycles. The van der Waals surface area contributed by atoms with Crippen LogP contribution in [0.5, 0.6) is 0 Å². The smallest absolute Gasteiger partial charge is 0.255 e. The van der Waals surface area contributed by atoms with Crippen LogP contribution >= 0.6 is 0 Å². The standard InChI is InChI=1S/C23H31N5O3/c29-20-16-6-2-3-7-17(16)24-23(25-20)13-22(31-14-23)9-11-28(12-10-22)21(30)19-15-5-1-4-8-18(15)26-27-19/h2-3,6-7,15,18-19,24,26-27H,1,4-5,8-14H2,(H,25,29). The average Bonchev–Trinajstić information content (AvgIpc) is 3.36. The van der Waals surface area contributed by atoms with Crippen molar-refractivity contribution in [3.63, 3.8) is 0 Å². The highest BCUT2D eigenvalue weighted by molar-refractivity contribution is 6.02. The molecular formula is C23H31N5O3. The van der Waals surface area contributed by atoms with Gasteiger partial charge in [-0.3, -0.25) is 15.0 Å². The van der Waals surface area contributed by atoms with E-state index in [9.17, 15) is 9.59 Å². The van der Waals surface area contributed by atoms with Gasteiger partial charge in [-0.15, -0.1) is 0 Å². The van der Waals surface area contributed by atoms with E-state index in [-0.39, 0.29) is 23.5 Å². The molecule has 2 amide bonds. The molecule has 31 heavy (non-hydrogen) atoms. The monoisotopic (exact) mass is 425 g/mol. The summed E-state index contributed by atoms with van der Waals surface area (Å²) in [4.78, 5) is 27.9. The number of likely N-dealkylation sites (tertiary alicyclic amines) is 1. The largest absolute Gasteiger partial charge is 0.370 e. The van der Waals surface area contributed by atoms with Crippen LogP contribution in [0.25, 0.3) is 0 Å². The predicted octanol–water partition coefficient (Wildman–Crippen LogP) is 1.35. The van der Waals surface area contributed by atoms with Crippen molar-refractivity contribution in [3.8, 4) is 0 Å². The lowest BCUT2D eigenvalue weighted by Gasteiger charge is -2.41. The second-order valence-electron chi connectivity index (χ2n) is 10.0. The number of hydrogen-bond acceptors (Lipinski definition) is 6. The number of carbonyl (C=O) groups is 2. The van der Waals surface area contributed by atoms with Crippen molar-refractivity contribution >= 4 is 17.5 Å². The third kappa shape index (κ3) is 3.23. The summed E-state index contributed by atoms with van der Waals surface area (Å²) in [5.74, 6) is 0.580. The highest BCUT2D eigenvalue weighted by Crippen LogP contribution is 2.43. The fourth-order valence-corrected chi connectivity index (χ4v) is 6.39. The van der Waals surface area contributed by atoms with Gasteiger partial charge in [0.15, 0.2) is 0 Å². The summed E-state index contributed by atoms with van der Waals surface area (Å²) < 4.78 is 6.33. The number of hydrogen-bond donors (Lipinski definition) is 4. The molecule has 4 aliphatic heterocycles. The number of para-hydroxylation sites is 1. The molecule has 166 valence electrons. The highest BCUT2D eigenvalue weighted by Gasteiger charge is 2.54. The van der Waals surface area contributed by atoms with E-state index in [2.05, 4.69) is 21.5 Å². The average molecular weight is 426 g/mol. The maximum absolute atomic E-state index is 13.2. The first-order chi connectivity index (χ1) is 15.1. The van der Waals surface area contributed by atoms with Crippen LogP contribution in [-0.4, -0.2) is 59.8 Å². The van der Waals surface area contributed by atoms with Crippen molar-refractivity contribution in [3.05, 3.63) is 29.8 Å². The summed E-state index contributed by atoms with van der Waals surface area (Å²) in [5.41, 5.74) is 7.32. The van der Waals surface area contributed by atoms with Crippen LogP contribution in [-0.2, 0) is 9.53 Å². The van der Waals surface area contributed by atoms with Gasteiger partial charge in [-0.1, -0.05) is 25.0 Å². The predicted molar refractivity (Wildman–Crippen MR) is 115 cm³/mol. The minimum atomic E-state index is -0.566. The number of fused-ring (bicyclic) bond motifs is 2. The third-order valence-electron chi connectivity index (χ3n) is 8.07.